The molecule has 0 amide bonds. The predicted molar refractivity (Wildman–Crippen MR) is 79.4 cm³/mol. The molecular formula is C15H18ClN3O. The van der Waals surface area contributed by atoms with Gasteiger partial charge in [0.05, 0.1) is 12.7 Å². The quantitative estimate of drug-likeness (QED) is 0.937. The standard InChI is InChI=1S/C15H18ClN3O/c16-15-14(20-13-7-2-1-3-8-13)10-18-19(15)11-12-6-4-5-9-17-12/h1-3,7-8,10,12,17H,4-6,9,11H2. The summed E-state index contributed by atoms with van der Waals surface area (Å²) in [5, 5.41) is 8.38. The summed E-state index contributed by atoms with van der Waals surface area (Å²) in [4.78, 5) is 0. The number of hydrogen-bond acceptors (Lipinski definition) is 3. The van der Waals surface area contributed by atoms with Gasteiger partial charge in [-0.25, -0.2) is 4.68 Å². The lowest BCUT2D eigenvalue weighted by molar-refractivity contribution is 0.351. The summed E-state index contributed by atoms with van der Waals surface area (Å²) in [5.41, 5.74) is 0. The fourth-order valence-electron chi connectivity index (χ4n) is 2.45. The third kappa shape index (κ3) is 3.14. The minimum Gasteiger partial charge on any atom is -0.452 e. The van der Waals surface area contributed by atoms with Gasteiger partial charge in [0.2, 0.25) is 0 Å². The number of nitrogens with one attached hydrogen (secondary N) is 1. The molecule has 1 saturated heterocycles. The fraction of sp³-hybridized carbons (Fsp3) is 0.400. The van der Waals surface area contributed by atoms with Gasteiger partial charge in [0.25, 0.3) is 0 Å². The molecule has 1 fully saturated rings. The van der Waals surface area contributed by atoms with Crippen molar-refractivity contribution >= 4 is 11.6 Å². The molecule has 3 rings (SSSR count). The highest BCUT2D eigenvalue weighted by atomic mass is 35.5. The second-order valence-electron chi connectivity index (χ2n) is 5.04. The van der Waals surface area contributed by atoms with E-state index in [0.717, 1.165) is 18.8 Å². The Bertz CT molecular complexity index is 550. The van der Waals surface area contributed by atoms with Gasteiger partial charge in [-0.15, -0.1) is 0 Å². The molecule has 1 aliphatic heterocycles. The Hall–Kier alpha value is -1.52. The van der Waals surface area contributed by atoms with Crippen molar-refractivity contribution in [3.63, 3.8) is 0 Å². The number of benzene rings is 1. The fourth-order valence-corrected chi connectivity index (χ4v) is 2.65. The van der Waals surface area contributed by atoms with E-state index in [2.05, 4.69) is 10.4 Å². The van der Waals surface area contributed by atoms with E-state index in [1.165, 1.54) is 19.3 Å². The second kappa shape index (κ2) is 6.29. The smallest absolute Gasteiger partial charge is 0.184 e. The van der Waals surface area contributed by atoms with Crippen LogP contribution in [0.4, 0.5) is 0 Å². The van der Waals surface area contributed by atoms with Crippen molar-refractivity contribution in [2.45, 2.75) is 31.8 Å². The maximum atomic E-state index is 6.34. The highest BCUT2D eigenvalue weighted by Crippen LogP contribution is 2.29. The molecule has 1 aromatic carbocycles. The first-order valence-electron chi connectivity index (χ1n) is 7.00. The molecule has 1 aliphatic rings. The molecule has 0 radical (unpaired) electrons. The van der Waals surface area contributed by atoms with Crippen LogP contribution in [-0.4, -0.2) is 22.4 Å². The van der Waals surface area contributed by atoms with Crippen LogP contribution in [-0.2, 0) is 6.54 Å². The Kier molecular flexibility index (Phi) is 4.23. The molecule has 1 unspecified atom stereocenters. The molecule has 0 bridgehead atoms. The maximum Gasteiger partial charge on any atom is 0.184 e. The lowest BCUT2D eigenvalue weighted by Crippen LogP contribution is -2.37. The van der Waals surface area contributed by atoms with Gasteiger partial charge in [-0.1, -0.05) is 36.2 Å². The summed E-state index contributed by atoms with van der Waals surface area (Å²) < 4.78 is 7.55. The van der Waals surface area contributed by atoms with Crippen LogP contribution in [0.3, 0.4) is 0 Å². The Morgan fingerprint density at radius 1 is 1.30 bits per heavy atom. The van der Waals surface area contributed by atoms with Crippen molar-refractivity contribution in [2.75, 3.05) is 6.54 Å². The third-order valence-electron chi connectivity index (χ3n) is 3.52. The van der Waals surface area contributed by atoms with Crippen molar-refractivity contribution in [3.8, 4) is 11.5 Å². The number of aromatic nitrogens is 2. The minimum absolute atomic E-state index is 0.450. The molecule has 4 nitrogen and oxygen atoms in total. The van der Waals surface area contributed by atoms with Gasteiger partial charge in [-0.3, -0.25) is 0 Å². The summed E-state index contributed by atoms with van der Waals surface area (Å²) in [6.07, 6.45) is 5.37. The molecule has 20 heavy (non-hydrogen) atoms. The molecular weight excluding hydrogens is 274 g/mol. The molecule has 0 aliphatic carbocycles. The van der Waals surface area contributed by atoms with E-state index in [9.17, 15) is 0 Å². The highest BCUT2D eigenvalue weighted by Gasteiger charge is 2.17. The van der Waals surface area contributed by atoms with Crippen molar-refractivity contribution in [2.24, 2.45) is 0 Å². The van der Waals surface area contributed by atoms with Crippen molar-refractivity contribution in [1.82, 2.24) is 15.1 Å². The first-order valence-corrected chi connectivity index (χ1v) is 7.38. The zero-order valence-electron chi connectivity index (χ0n) is 11.3. The van der Waals surface area contributed by atoms with E-state index >= 15 is 0 Å². The predicted octanol–water partition coefficient (Wildman–Crippen LogP) is 3.47. The summed E-state index contributed by atoms with van der Waals surface area (Å²) in [5.74, 6) is 1.37. The Morgan fingerprint density at radius 3 is 2.90 bits per heavy atom. The first kappa shape index (κ1) is 13.5. The Balaban J connectivity index is 1.68. The second-order valence-corrected chi connectivity index (χ2v) is 5.40. The van der Waals surface area contributed by atoms with Crippen molar-refractivity contribution in [1.29, 1.82) is 0 Å². The van der Waals surface area contributed by atoms with Gasteiger partial charge in [0.1, 0.15) is 5.75 Å². The maximum absolute atomic E-state index is 6.34. The van der Waals surface area contributed by atoms with Gasteiger partial charge in [0.15, 0.2) is 10.9 Å². The molecule has 1 atom stereocenters. The SMILES string of the molecule is Clc1c(Oc2ccccc2)cnn1CC1CCCCN1. The van der Waals surface area contributed by atoms with Crippen LogP contribution in [0.5, 0.6) is 11.5 Å². The van der Waals surface area contributed by atoms with Gasteiger partial charge < -0.3 is 10.1 Å². The number of rotatable bonds is 4. The Morgan fingerprint density at radius 2 is 2.15 bits per heavy atom. The lowest BCUT2D eigenvalue weighted by Gasteiger charge is -2.23. The monoisotopic (exact) mass is 291 g/mol. The summed E-state index contributed by atoms with van der Waals surface area (Å²) >= 11 is 6.34. The lowest BCUT2D eigenvalue weighted by atomic mass is 10.1. The average Bonchev–Trinajstić information content (AvgIpc) is 2.83. The topological polar surface area (TPSA) is 39.1 Å². The van der Waals surface area contributed by atoms with E-state index < -0.39 is 0 Å². The van der Waals surface area contributed by atoms with Crippen LogP contribution in [0.25, 0.3) is 0 Å². The van der Waals surface area contributed by atoms with Crippen LogP contribution < -0.4 is 10.1 Å². The van der Waals surface area contributed by atoms with Crippen LogP contribution in [0.2, 0.25) is 5.15 Å². The van der Waals surface area contributed by atoms with Crippen LogP contribution >= 0.6 is 11.6 Å². The summed E-state index contributed by atoms with van der Waals surface area (Å²) in [6, 6.07) is 10.1. The number of ether oxygens (including phenoxy) is 1. The molecule has 0 saturated carbocycles. The van der Waals surface area contributed by atoms with E-state index in [1.54, 1.807) is 6.20 Å². The van der Waals surface area contributed by atoms with Gasteiger partial charge in [0, 0.05) is 6.04 Å². The zero-order valence-corrected chi connectivity index (χ0v) is 12.0. The van der Waals surface area contributed by atoms with E-state index in [0.29, 0.717) is 16.9 Å². The average molecular weight is 292 g/mol. The van der Waals surface area contributed by atoms with Gasteiger partial charge in [-0.2, -0.15) is 5.10 Å². The minimum atomic E-state index is 0.450. The Labute approximate surface area is 123 Å². The molecule has 2 heterocycles. The molecule has 1 aromatic heterocycles. The number of piperidine rings is 1. The van der Waals surface area contributed by atoms with Crippen LogP contribution in [0.1, 0.15) is 19.3 Å². The van der Waals surface area contributed by atoms with Crippen molar-refractivity contribution < 1.29 is 4.74 Å². The molecule has 0 spiro atoms. The van der Waals surface area contributed by atoms with Crippen molar-refractivity contribution in [3.05, 3.63) is 41.7 Å². The number of nitrogens with zero attached hydrogens (tertiary/aromatic N) is 2. The van der Waals surface area contributed by atoms with Gasteiger partial charge in [-0.05, 0) is 31.5 Å². The number of halogens is 1. The van der Waals surface area contributed by atoms with E-state index in [1.807, 2.05) is 35.0 Å². The third-order valence-corrected chi connectivity index (χ3v) is 3.90. The number of para-hydroxylation sites is 1. The molecule has 1 N–H and O–H groups in total. The normalized spacial score (nSPS) is 18.9. The summed E-state index contributed by atoms with van der Waals surface area (Å²) in [6.45, 7) is 1.87. The first-order chi connectivity index (χ1) is 9.83. The van der Waals surface area contributed by atoms with E-state index in [-0.39, 0.29) is 0 Å². The number of hydrogen-bond donors (Lipinski definition) is 1. The van der Waals surface area contributed by atoms with Gasteiger partial charge >= 0.3 is 0 Å². The molecule has 2 aromatic rings. The van der Waals surface area contributed by atoms with E-state index in [4.69, 9.17) is 16.3 Å². The highest BCUT2D eigenvalue weighted by molar-refractivity contribution is 6.31. The summed E-state index contributed by atoms with van der Waals surface area (Å²) in [7, 11) is 0. The zero-order chi connectivity index (χ0) is 13.8. The molecule has 106 valence electrons. The molecule has 5 heteroatoms. The largest absolute Gasteiger partial charge is 0.452 e. The van der Waals surface area contributed by atoms with Crippen LogP contribution in [0, 0.1) is 0 Å². The van der Waals surface area contributed by atoms with Crippen LogP contribution in [0.15, 0.2) is 36.5 Å².